The Hall–Kier alpha value is -2.95. The van der Waals surface area contributed by atoms with Gasteiger partial charge in [0.1, 0.15) is 6.07 Å². The number of nitrogens with zero attached hydrogens (tertiary/aromatic N) is 2. The molecule has 2 aliphatic heterocycles. The summed E-state index contributed by atoms with van der Waals surface area (Å²) < 4.78 is 6.47. The van der Waals surface area contributed by atoms with Crippen LogP contribution in [0.3, 0.4) is 0 Å². The Morgan fingerprint density at radius 1 is 1.22 bits per heavy atom. The molecule has 5 rings (SSSR count). The van der Waals surface area contributed by atoms with Crippen LogP contribution >= 0.6 is 0 Å². The lowest BCUT2D eigenvalue weighted by Crippen LogP contribution is -2.66. The summed E-state index contributed by atoms with van der Waals surface area (Å²) in [5.41, 5.74) is 1.38. The first-order chi connectivity index (χ1) is 17.3. The number of fused-ring (bicyclic) bond motifs is 2. The van der Waals surface area contributed by atoms with Gasteiger partial charge in [-0.15, -0.1) is 0 Å². The summed E-state index contributed by atoms with van der Waals surface area (Å²) in [5.74, 6) is -0.671. The highest BCUT2D eigenvalue weighted by atomic mass is 16.5. The minimum Gasteiger partial charge on any atom is -0.388 e. The van der Waals surface area contributed by atoms with E-state index < -0.39 is 16.8 Å². The SMILES string of the molecule is C[C@@H]1C2(C)C=CC(C)(O2)[C@H](C)[C@@]1(O)C1C=CC(NC(=O)c2nc(C#N)c[nH]2)=C(C2=CCC(C)(C)CC2)C1. The van der Waals surface area contributed by atoms with Crippen molar-refractivity contribution in [3.63, 3.8) is 0 Å². The van der Waals surface area contributed by atoms with Crippen LogP contribution in [0.1, 0.15) is 83.5 Å². The smallest absolute Gasteiger partial charge is 0.291 e. The second-order valence-corrected chi connectivity index (χ2v) is 12.5. The quantitative estimate of drug-likeness (QED) is 0.496. The second kappa shape index (κ2) is 8.54. The number of allylic oxidation sites excluding steroid dienone is 4. The first kappa shape index (κ1) is 25.7. The molecule has 2 bridgehead atoms. The Bertz CT molecular complexity index is 1270. The average molecular weight is 503 g/mol. The van der Waals surface area contributed by atoms with Gasteiger partial charge in [0.25, 0.3) is 5.91 Å². The van der Waals surface area contributed by atoms with Crippen LogP contribution in [0.4, 0.5) is 0 Å². The molecular weight excluding hydrogens is 464 g/mol. The van der Waals surface area contributed by atoms with Gasteiger partial charge in [-0.25, -0.2) is 4.98 Å². The molecule has 0 aromatic carbocycles. The first-order valence-electron chi connectivity index (χ1n) is 13.3. The highest BCUT2D eigenvalue weighted by Gasteiger charge is 2.64. The lowest BCUT2D eigenvalue weighted by Gasteiger charge is -2.58. The van der Waals surface area contributed by atoms with Crippen molar-refractivity contribution in [3.8, 4) is 6.07 Å². The number of nitriles is 1. The first-order valence-corrected chi connectivity index (χ1v) is 13.3. The number of aromatic amines is 1. The third kappa shape index (κ3) is 4.11. The molecule has 3 N–H and O–H groups in total. The molecule has 3 heterocycles. The van der Waals surface area contributed by atoms with Crippen molar-refractivity contribution in [3.05, 3.63) is 64.9 Å². The number of amides is 1. The molecule has 0 saturated carbocycles. The lowest BCUT2D eigenvalue weighted by atomic mass is 9.58. The number of hydrogen-bond donors (Lipinski definition) is 3. The Kier molecular flexibility index (Phi) is 5.93. The number of H-pyrrole nitrogens is 1. The van der Waals surface area contributed by atoms with E-state index in [0.29, 0.717) is 6.42 Å². The predicted molar refractivity (Wildman–Crippen MR) is 141 cm³/mol. The summed E-state index contributed by atoms with van der Waals surface area (Å²) in [5, 5.41) is 24.6. The summed E-state index contributed by atoms with van der Waals surface area (Å²) >= 11 is 0. The number of aliphatic hydroxyl groups is 1. The minimum atomic E-state index is -1.00. The fraction of sp³-hybridized carbons (Fsp3) is 0.567. The number of imidazole rings is 1. The lowest BCUT2D eigenvalue weighted by molar-refractivity contribution is -0.264. The maximum absolute atomic E-state index is 13.0. The minimum absolute atomic E-state index is 0.103. The zero-order valence-corrected chi connectivity index (χ0v) is 22.7. The van der Waals surface area contributed by atoms with Gasteiger partial charge in [0.05, 0.1) is 16.8 Å². The zero-order valence-electron chi connectivity index (χ0n) is 22.7. The maximum atomic E-state index is 13.0. The number of carbonyl (C=O) groups is 1. The summed E-state index contributed by atoms with van der Waals surface area (Å²) in [6, 6.07) is 1.95. The van der Waals surface area contributed by atoms with E-state index in [1.54, 1.807) is 0 Å². The monoisotopic (exact) mass is 502 g/mol. The van der Waals surface area contributed by atoms with E-state index in [4.69, 9.17) is 10.00 Å². The van der Waals surface area contributed by atoms with Gasteiger partial charge in [-0.2, -0.15) is 5.26 Å². The van der Waals surface area contributed by atoms with Gasteiger partial charge in [-0.3, -0.25) is 4.79 Å². The van der Waals surface area contributed by atoms with Crippen LogP contribution < -0.4 is 5.32 Å². The van der Waals surface area contributed by atoms with E-state index in [9.17, 15) is 9.90 Å². The fourth-order valence-corrected chi connectivity index (χ4v) is 6.75. The van der Waals surface area contributed by atoms with Crippen molar-refractivity contribution in [2.45, 2.75) is 84.0 Å². The zero-order chi connectivity index (χ0) is 26.8. The Morgan fingerprint density at radius 3 is 2.46 bits per heavy atom. The van der Waals surface area contributed by atoms with Crippen molar-refractivity contribution in [2.75, 3.05) is 0 Å². The predicted octanol–water partition coefficient (Wildman–Crippen LogP) is 5.10. The molecule has 7 heteroatoms. The summed E-state index contributed by atoms with van der Waals surface area (Å²) in [6.45, 7) is 12.9. The van der Waals surface area contributed by atoms with Gasteiger partial charge < -0.3 is 20.1 Å². The third-order valence-electron chi connectivity index (χ3n) is 9.65. The molecule has 7 nitrogen and oxygen atoms in total. The number of ether oxygens (including phenoxy) is 1. The fourth-order valence-electron chi connectivity index (χ4n) is 6.75. The van der Waals surface area contributed by atoms with Crippen molar-refractivity contribution in [1.29, 1.82) is 5.26 Å². The van der Waals surface area contributed by atoms with Crippen LogP contribution in [0.15, 0.2) is 53.4 Å². The van der Waals surface area contributed by atoms with E-state index in [0.717, 1.165) is 30.5 Å². The average Bonchev–Trinajstić information content (AvgIpc) is 3.47. The molecular formula is C30H38N4O3. The topological polar surface area (TPSA) is 111 Å². The molecule has 1 saturated heterocycles. The molecule has 0 radical (unpaired) electrons. The van der Waals surface area contributed by atoms with Crippen LogP contribution in [0.5, 0.6) is 0 Å². The molecule has 0 spiro atoms. The maximum Gasteiger partial charge on any atom is 0.291 e. The normalized spacial score (nSPS) is 38.3. The van der Waals surface area contributed by atoms with Crippen molar-refractivity contribution in [1.82, 2.24) is 15.3 Å². The molecule has 1 amide bonds. The van der Waals surface area contributed by atoms with Gasteiger partial charge in [-0.1, -0.05) is 52.0 Å². The largest absolute Gasteiger partial charge is 0.388 e. The van der Waals surface area contributed by atoms with E-state index in [1.165, 1.54) is 11.8 Å². The molecule has 1 aromatic heterocycles. The van der Waals surface area contributed by atoms with E-state index in [-0.39, 0.29) is 40.6 Å². The molecule has 1 aromatic rings. The number of carbonyl (C=O) groups excluding carboxylic acids is 1. The molecule has 4 aliphatic rings. The van der Waals surface area contributed by atoms with Gasteiger partial charge in [0.15, 0.2) is 11.5 Å². The van der Waals surface area contributed by atoms with E-state index >= 15 is 0 Å². The van der Waals surface area contributed by atoms with Gasteiger partial charge in [0.2, 0.25) is 0 Å². The van der Waals surface area contributed by atoms with Crippen molar-refractivity contribution >= 4 is 5.91 Å². The standard InChI is InChI=1S/C30H38N4O3/c1-18-28(5)13-14-29(6,37-28)19(2)30(18,36)21-7-8-24(34-26(35)25-32-17-22(16-31)33-25)23(15-21)20-9-11-27(3,4)12-10-20/h7-9,13-14,17-19,21,36H,10-12,15H2,1-6H3,(H,32,33)(H,34,35)/t18-,19+,21?,28?,29?,30-. The van der Waals surface area contributed by atoms with E-state index in [1.807, 2.05) is 12.1 Å². The summed E-state index contributed by atoms with van der Waals surface area (Å²) in [7, 11) is 0. The van der Waals surface area contributed by atoms with Crippen LogP contribution in [-0.2, 0) is 4.74 Å². The third-order valence-corrected chi connectivity index (χ3v) is 9.65. The molecule has 37 heavy (non-hydrogen) atoms. The summed E-state index contributed by atoms with van der Waals surface area (Å²) in [6.07, 6.45) is 15.5. The highest BCUT2D eigenvalue weighted by Crippen LogP contribution is 2.58. The van der Waals surface area contributed by atoms with E-state index in [2.05, 4.69) is 81.1 Å². The number of nitrogens with one attached hydrogen (secondary N) is 2. The second-order valence-electron chi connectivity index (χ2n) is 12.5. The van der Waals surface area contributed by atoms with Gasteiger partial charge in [0, 0.05) is 29.6 Å². The summed E-state index contributed by atoms with van der Waals surface area (Å²) in [4.78, 5) is 19.9. The number of aromatic nitrogens is 2. The Labute approximate surface area is 219 Å². The number of rotatable bonds is 4. The molecule has 3 unspecified atom stereocenters. The molecule has 2 aliphatic carbocycles. The van der Waals surface area contributed by atoms with Crippen molar-refractivity contribution < 1.29 is 14.6 Å². The van der Waals surface area contributed by atoms with Crippen LogP contribution in [0.25, 0.3) is 0 Å². The molecule has 6 atom stereocenters. The Morgan fingerprint density at radius 2 is 1.89 bits per heavy atom. The molecule has 1 fully saturated rings. The Balaban J connectivity index is 1.50. The van der Waals surface area contributed by atoms with Crippen LogP contribution in [-0.4, -0.2) is 37.8 Å². The van der Waals surface area contributed by atoms with Gasteiger partial charge in [-0.05, 0) is 62.2 Å². The van der Waals surface area contributed by atoms with Crippen LogP contribution in [0, 0.1) is 34.5 Å². The van der Waals surface area contributed by atoms with Crippen molar-refractivity contribution in [2.24, 2.45) is 23.2 Å². The molecule has 196 valence electrons. The van der Waals surface area contributed by atoms with Crippen LogP contribution in [0.2, 0.25) is 0 Å². The number of hydrogen-bond acceptors (Lipinski definition) is 5. The van der Waals surface area contributed by atoms with Gasteiger partial charge >= 0.3 is 0 Å². The highest BCUT2D eigenvalue weighted by molar-refractivity contribution is 5.92.